The van der Waals surface area contributed by atoms with Gasteiger partial charge < -0.3 is 10.2 Å². The summed E-state index contributed by atoms with van der Waals surface area (Å²) in [5.41, 5.74) is 9.53. The Morgan fingerprint density at radius 1 is 1.11 bits per heavy atom. The lowest BCUT2D eigenvalue weighted by Gasteiger charge is -2.10. The molecule has 2 aromatic carbocycles. The van der Waals surface area contributed by atoms with Crippen LogP contribution in [0.1, 0.15) is 11.6 Å². The smallest absolute Gasteiger partial charge is 0.227 e. The lowest BCUT2D eigenvalue weighted by Crippen LogP contribution is -2.07. The van der Waals surface area contributed by atoms with Gasteiger partial charge in [-0.2, -0.15) is 0 Å². The topological polar surface area (TPSA) is 52.0 Å². The van der Waals surface area contributed by atoms with E-state index >= 15 is 0 Å². The van der Waals surface area contributed by atoms with Crippen molar-refractivity contribution < 1.29 is 4.42 Å². The quantitative estimate of drug-likeness (QED) is 0.721. The summed E-state index contributed by atoms with van der Waals surface area (Å²) in [4.78, 5) is 4.50. The van der Waals surface area contributed by atoms with Gasteiger partial charge in [0.15, 0.2) is 5.58 Å². The van der Waals surface area contributed by atoms with Gasteiger partial charge in [-0.15, -0.1) is 6.58 Å². The molecule has 0 fully saturated rings. The molecule has 1 aromatic heterocycles. The van der Waals surface area contributed by atoms with Crippen molar-refractivity contribution in [1.82, 2.24) is 4.98 Å². The fourth-order valence-corrected chi connectivity index (χ4v) is 2.10. The van der Waals surface area contributed by atoms with Crippen LogP contribution in [0.15, 0.2) is 65.6 Å². The lowest BCUT2D eigenvalue weighted by molar-refractivity contribution is 0.618. The highest BCUT2D eigenvalue weighted by Crippen LogP contribution is 2.29. The Morgan fingerprint density at radius 3 is 2.63 bits per heavy atom. The van der Waals surface area contributed by atoms with Crippen LogP contribution in [0.2, 0.25) is 0 Å². The van der Waals surface area contributed by atoms with Crippen LogP contribution in [0.5, 0.6) is 0 Å². The molecule has 1 heterocycles. The number of nitrogens with zero attached hydrogens (tertiary/aromatic N) is 1. The van der Waals surface area contributed by atoms with Crippen molar-refractivity contribution >= 4 is 11.1 Å². The highest BCUT2D eigenvalue weighted by molar-refractivity contribution is 5.76. The van der Waals surface area contributed by atoms with Crippen LogP contribution in [-0.4, -0.2) is 4.98 Å². The summed E-state index contributed by atoms with van der Waals surface area (Å²) >= 11 is 0. The number of hydrogen-bond acceptors (Lipinski definition) is 3. The molecule has 2 N–H and O–H groups in total. The Balaban J connectivity index is 2.18. The van der Waals surface area contributed by atoms with Gasteiger partial charge in [-0.1, -0.05) is 36.4 Å². The van der Waals surface area contributed by atoms with Crippen molar-refractivity contribution in [2.45, 2.75) is 6.04 Å². The maximum Gasteiger partial charge on any atom is 0.227 e. The van der Waals surface area contributed by atoms with E-state index in [1.807, 2.05) is 48.5 Å². The Bertz CT molecular complexity index is 697. The number of benzene rings is 2. The molecule has 3 heteroatoms. The largest absolute Gasteiger partial charge is 0.436 e. The van der Waals surface area contributed by atoms with Gasteiger partial charge in [0, 0.05) is 11.6 Å². The van der Waals surface area contributed by atoms with Gasteiger partial charge in [0.25, 0.3) is 0 Å². The average Bonchev–Trinajstić information content (AvgIpc) is 2.90. The predicted octanol–water partition coefficient (Wildman–Crippen LogP) is 3.68. The van der Waals surface area contributed by atoms with Crippen LogP contribution in [-0.2, 0) is 0 Å². The van der Waals surface area contributed by atoms with Crippen LogP contribution in [0.4, 0.5) is 0 Å². The SMILES string of the molecule is C=CC(N)c1ccccc1-c1nc2ccccc2o1. The van der Waals surface area contributed by atoms with E-state index in [-0.39, 0.29) is 6.04 Å². The fraction of sp³-hybridized carbons (Fsp3) is 0.0625. The summed E-state index contributed by atoms with van der Waals surface area (Å²) in [6.45, 7) is 3.74. The molecule has 3 aromatic rings. The number of nitrogens with two attached hydrogens (primary N) is 1. The third-order valence-electron chi connectivity index (χ3n) is 3.10. The van der Waals surface area contributed by atoms with Crippen LogP contribution in [0, 0.1) is 0 Å². The summed E-state index contributed by atoms with van der Waals surface area (Å²) in [5.74, 6) is 0.592. The Morgan fingerprint density at radius 2 is 1.84 bits per heavy atom. The van der Waals surface area contributed by atoms with E-state index in [0.717, 1.165) is 22.2 Å². The van der Waals surface area contributed by atoms with Crippen LogP contribution >= 0.6 is 0 Å². The molecule has 0 aliphatic rings. The van der Waals surface area contributed by atoms with Crippen molar-refractivity contribution in [1.29, 1.82) is 0 Å². The predicted molar refractivity (Wildman–Crippen MR) is 76.6 cm³/mol. The first-order valence-electron chi connectivity index (χ1n) is 6.12. The highest BCUT2D eigenvalue weighted by atomic mass is 16.3. The number of hydrogen-bond donors (Lipinski definition) is 1. The van der Waals surface area contributed by atoms with E-state index < -0.39 is 0 Å². The van der Waals surface area contributed by atoms with Crippen LogP contribution in [0.25, 0.3) is 22.6 Å². The summed E-state index contributed by atoms with van der Waals surface area (Å²) < 4.78 is 5.79. The summed E-state index contributed by atoms with van der Waals surface area (Å²) in [7, 11) is 0. The Kier molecular flexibility index (Phi) is 2.89. The minimum absolute atomic E-state index is 0.230. The molecular formula is C16H14N2O. The minimum atomic E-state index is -0.230. The van der Waals surface area contributed by atoms with Crippen LogP contribution in [0.3, 0.4) is 0 Å². The zero-order chi connectivity index (χ0) is 13.2. The number of oxazole rings is 1. The maximum atomic E-state index is 6.04. The van der Waals surface area contributed by atoms with E-state index in [0.29, 0.717) is 5.89 Å². The molecule has 19 heavy (non-hydrogen) atoms. The van der Waals surface area contributed by atoms with Crippen molar-refractivity contribution in [2.24, 2.45) is 5.73 Å². The van der Waals surface area contributed by atoms with Crippen molar-refractivity contribution in [3.05, 3.63) is 66.7 Å². The molecule has 0 aliphatic carbocycles. The van der Waals surface area contributed by atoms with Crippen LogP contribution < -0.4 is 5.73 Å². The molecule has 0 spiro atoms. The molecule has 0 saturated heterocycles. The summed E-state index contributed by atoms with van der Waals surface area (Å²) in [6, 6.07) is 15.3. The second kappa shape index (κ2) is 4.71. The second-order valence-corrected chi connectivity index (χ2v) is 4.34. The molecule has 0 radical (unpaired) electrons. The fourth-order valence-electron chi connectivity index (χ4n) is 2.10. The molecule has 0 bridgehead atoms. The van der Waals surface area contributed by atoms with Gasteiger partial charge in [-0.05, 0) is 23.8 Å². The molecule has 0 saturated carbocycles. The lowest BCUT2D eigenvalue weighted by atomic mass is 10.0. The molecule has 3 nitrogen and oxygen atoms in total. The first-order valence-corrected chi connectivity index (χ1v) is 6.12. The Hall–Kier alpha value is -2.39. The number of para-hydroxylation sites is 2. The van der Waals surface area contributed by atoms with Gasteiger partial charge in [0.2, 0.25) is 5.89 Å². The summed E-state index contributed by atoms with van der Waals surface area (Å²) in [6.07, 6.45) is 1.71. The van der Waals surface area contributed by atoms with E-state index in [1.165, 1.54) is 0 Å². The minimum Gasteiger partial charge on any atom is -0.436 e. The maximum absolute atomic E-state index is 6.04. The van der Waals surface area contributed by atoms with Gasteiger partial charge in [-0.3, -0.25) is 0 Å². The number of rotatable bonds is 3. The number of fused-ring (bicyclic) bond motifs is 1. The molecule has 1 atom stereocenters. The second-order valence-electron chi connectivity index (χ2n) is 4.34. The molecular weight excluding hydrogens is 236 g/mol. The van der Waals surface area contributed by atoms with Gasteiger partial charge in [0.05, 0.1) is 0 Å². The average molecular weight is 250 g/mol. The molecule has 94 valence electrons. The first-order chi connectivity index (χ1) is 9.29. The van der Waals surface area contributed by atoms with Crippen molar-refractivity contribution in [3.8, 4) is 11.5 Å². The highest BCUT2D eigenvalue weighted by Gasteiger charge is 2.14. The van der Waals surface area contributed by atoms with Gasteiger partial charge >= 0.3 is 0 Å². The molecule has 3 rings (SSSR count). The van der Waals surface area contributed by atoms with E-state index in [4.69, 9.17) is 10.2 Å². The van der Waals surface area contributed by atoms with Crippen molar-refractivity contribution in [2.75, 3.05) is 0 Å². The monoisotopic (exact) mass is 250 g/mol. The van der Waals surface area contributed by atoms with E-state index in [2.05, 4.69) is 11.6 Å². The zero-order valence-electron chi connectivity index (χ0n) is 10.4. The summed E-state index contributed by atoms with van der Waals surface area (Å²) in [5, 5.41) is 0. The molecule has 0 aliphatic heterocycles. The first kappa shape index (κ1) is 11.7. The van der Waals surface area contributed by atoms with E-state index in [1.54, 1.807) is 6.08 Å². The molecule has 0 amide bonds. The van der Waals surface area contributed by atoms with Crippen molar-refractivity contribution in [3.63, 3.8) is 0 Å². The third kappa shape index (κ3) is 2.04. The standard InChI is InChI=1S/C16H14N2O/c1-2-13(17)11-7-3-4-8-12(11)16-18-14-9-5-6-10-15(14)19-16/h2-10,13H,1,17H2. The zero-order valence-corrected chi connectivity index (χ0v) is 10.4. The number of aromatic nitrogens is 1. The van der Waals surface area contributed by atoms with Gasteiger partial charge in [0.1, 0.15) is 5.52 Å². The molecule has 1 unspecified atom stereocenters. The van der Waals surface area contributed by atoms with Gasteiger partial charge in [-0.25, -0.2) is 4.98 Å². The third-order valence-corrected chi connectivity index (χ3v) is 3.10. The normalized spacial score (nSPS) is 12.5. The van der Waals surface area contributed by atoms with E-state index in [9.17, 15) is 0 Å². The Labute approximate surface area is 111 Å².